The Kier molecular flexibility index (Phi) is 4.83. The van der Waals surface area contributed by atoms with Crippen LogP contribution < -0.4 is 10.1 Å². The molecule has 3 aromatic rings. The Morgan fingerprint density at radius 1 is 1.27 bits per heavy atom. The molecule has 0 saturated heterocycles. The van der Waals surface area contributed by atoms with E-state index in [1.54, 1.807) is 23.6 Å². The molecule has 0 aliphatic rings. The number of hydrogen-bond donors (Lipinski definition) is 1. The third-order valence-electron chi connectivity index (χ3n) is 4.13. The van der Waals surface area contributed by atoms with Gasteiger partial charge in [0, 0.05) is 0 Å². The maximum Gasteiger partial charge on any atom is 0.270 e. The molecule has 136 valence electrons. The largest absolute Gasteiger partial charge is 0.494 e. The molecule has 8 heteroatoms. The van der Waals surface area contributed by atoms with Gasteiger partial charge in [0.1, 0.15) is 12.0 Å². The van der Waals surface area contributed by atoms with Crippen molar-refractivity contribution in [1.82, 2.24) is 24.9 Å². The molecule has 1 atom stereocenters. The summed E-state index contributed by atoms with van der Waals surface area (Å²) in [7, 11) is 1.40. The quantitative estimate of drug-likeness (QED) is 0.759. The molecule has 3 rings (SSSR count). The molecular weight excluding hydrogens is 337 g/mol. The maximum atomic E-state index is 13.9. The van der Waals surface area contributed by atoms with Crippen LogP contribution in [0.4, 0.5) is 4.39 Å². The molecule has 26 heavy (non-hydrogen) atoms. The lowest BCUT2D eigenvalue weighted by Crippen LogP contribution is -2.28. The maximum absolute atomic E-state index is 13.9. The number of halogens is 1. The molecule has 1 aromatic carbocycles. The number of amides is 1. The van der Waals surface area contributed by atoms with Crippen molar-refractivity contribution in [1.29, 1.82) is 0 Å². The van der Waals surface area contributed by atoms with Crippen LogP contribution in [-0.4, -0.2) is 32.6 Å². The predicted octanol–water partition coefficient (Wildman–Crippen LogP) is 2.89. The highest BCUT2D eigenvalue weighted by molar-refractivity contribution is 5.93. The van der Waals surface area contributed by atoms with Crippen molar-refractivity contribution in [2.24, 2.45) is 0 Å². The highest BCUT2D eigenvalue weighted by atomic mass is 19.1. The van der Waals surface area contributed by atoms with Crippen LogP contribution in [0, 0.1) is 5.82 Å². The summed E-state index contributed by atoms with van der Waals surface area (Å²) in [6.07, 6.45) is 1.40. The summed E-state index contributed by atoms with van der Waals surface area (Å²) >= 11 is 0. The zero-order chi connectivity index (χ0) is 18.8. The van der Waals surface area contributed by atoms with Crippen LogP contribution in [0.2, 0.25) is 0 Å². The molecule has 1 amide bonds. The zero-order valence-electron chi connectivity index (χ0n) is 15.0. The Bertz CT molecular complexity index is 954. The Morgan fingerprint density at radius 3 is 2.69 bits per heavy atom. The number of carbonyl (C=O) groups is 1. The van der Waals surface area contributed by atoms with Crippen molar-refractivity contribution in [3.05, 3.63) is 53.4 Å². The lowest BCUT2D eigenvalue weighted by atomic mass is 10.1. The summed E-state index contributed by atoms with van der Waals surface area (Å²) in [5, 5.41) is 6.97. The first kappa shape index (κ1) is 17.8. The topological polar surface area (TPSA) is 81.4 Å². The lowest BCUT2D eigenvalue weighted by molar-refractivity contribution is 0.0934. The number of aromatic nitrogens is 4. The minimum atomic E-state index is -0.476. The molecule has 0 aliphatic carbocycles. The number of hydrogen-bond acceptors (Lipinski definition) is 5. The molecule has 2 aromatic heterocycles. The summed E-state index contributed by atoms with van der Waals surface area (Å²) in [5.41, 5.74) is 1.71. The zero-order valence-corrected chi connectivity index (χ0v) is 15.0. The van der Waals surface area contributed by atoms with Crippen LogP contribution in [0.1, 0.15) is 54.5 Å². The second-order valence-corrected chi connectivity index (χ2v) is 6.28. The van der Waals surface area contributed by atoms with Gasteiger partial charge in [-0.1, -0.05) is 19.9 Å². The van der Waals surface area contributed by atoms with E-state index in [1.807, 2.05) is 13.8 Å². The van der Waals surface area contributed by atoms with Gasteiger partial charge in [-0.3, -0.25) is 4.79 Å². The number of nitrogens with zero attached hydrogens (tertiary/aromatic N) is 4. The predicted molar refractivity (Wildman–Crippen MR) is 93.7 cm³/mol. The number of benzene rings is 1. The first-order chi connectivity index (χ1) is 12.4. The van der Waals surface area contributed by atoms with Crippen molar-refractivity contribution in [2.45, 2.75) is 32.7 Å². The summed E-state index contributed by atoms with van der Waals surface area (Å²) < 4.78 is 20.4. The molecule has 0 bridgehead atoms. The number of methoxy groups -OCH3 is 1. The van der Waals surface area contributed by atoms with Crippen molar-refractivity contribution >= 4 is 11.7 Å². The Balaban J connectivity index is 1.85. The number of nitrogens with one attached hydrogen (secondary N) is 1. The number of rotatable bonds is 5. The molecular formula is C18H20FN5O2. The fourth-order valence-corrected chi connectivity index (χ4v) is 2.67. The molecule has 7 nitrogen and oxygen atoms in total. The fraction of sp³-hybridized carbons (Fsp3) is 0.333. The van der Waals surface area contributed by atoms with Gasteiger partial charge in [-0.25, -0.2) is 13.9 Å². The first-order valence-electron chi connectivity index (χ1n) is 8.25. The van der Waals surface area contributed by atoms with Crippen molar-refractivity contribution < 1.29 is 13.9 Å². The van der Waals surface area contributed by atoms with E-state index in [2.05, 4.69) is 20.4 Å². The van der Waals surface area contributed by atoms with Gasteiger partial charge in [0.2, 0.25) is 0 Å². The van der Waals surface area contributed by atoms with Crippen LogP contribution in [0.3, 0.4) is 0 Å². The van der Waals surface area contributed by atoms with Crippen molar-refractivity contribution in [2.75, 3.05) is 7.11 Å². The van der Waals surface area contributed by atoms with E-state index in [0.29, 0.717) is 11.3 Å². The van der Waals surface area contributed by atoms with Gasteiger partial charge in [0.15, 0.2) is 11.6 Å². The minimum absolute atomic E-state index is 0.141. The van der Waals surface area contributed by atoms with Gasteiger partial charge in [-0.2, -0.15) is 10.1 Å². The molecule has 1 N–H and O–H groups in total. The van der Waals surface area contributed by atoms with Gasteiger partial charge in [-0.15, -0.1) is 0 Å². The van der Waals surface area contributed by atoms with Gasteiger partial charge in [0.05, 0.1) is 18.8 Å². The van der Waals surface area contributed by atoms with Crippen LogP contribution in [0.5, 0.6) is 5.75 Å². The Morgan fingerprint density at radius 2 is 2.04 bits per heavy atom. The molecule has 0 aliphatic heterocycles. The summed E-state index contributed by atoms with van der Waals surface area (Å²) in [6, 6.07) is 5.88. The van der Waals surface area contributed by atoms with Crippen LogP contribution in [0.15, 0.2) is 30.6 Å². The minimum Gasteiger partial charge on any atom is -0.494 e. The van der Waals surface area contributed by atoms with Crippen LogP contribution in [0.25, 0.3) is 5.78 Å². The Hall–Kier alpha value is -3.03. The van der Waals surface area contributed by atoms with Crippen molar-refractivity contribution in [3.63, 3.8) is 0 Å². The highest BCUT2D eigenvalue weighted by Crippen LogP contribution is 2.22. The molecule has 0 saturated carbocycles. The van der Waals surface area contributed by atoms with Crippen LogP contribution in [-0.2, 0) is 0 Å². The molecule has 0 radical (unpaired) electrons. The van der Waals surface area contributed by atoms with E-state index in [1.165, 1.54) is 25.6 Å². The average molecular weight is 357 g/mol. The van der Waals surface area contributed by atoms with E-state index >= 15 is 0 Å². The first-order valence-corrected chi connectivity index (χ1v) is 8.25. The van der Waals surface area contributed by atoms with E-state index in [4.69, 9.17) is 4.74 Å². The molecule has 0 spiro atoms. The van der Waals surface area contributed by atoms with E-state index < -0.39 is 11.9 Å². The second kappa shape index (κ2) is 7.07. The second-order valence-electron chi connectivity index (χ2n) is 6.28. The summed E-state index contributed by atoms with van der Waals surface area (Å²) in [5.74, 6) is -0.170. The number of carbonyl (C=O) groups excluding carboxylic acids is 1. The molecule has 2 heterocycles. The van der Waals surface area contributed by atoms with Crippen LogP contribution >= 0.6 is 0 Å². The van der Waals surface area contributed by atoms with Crippen molar-refractivity contribution in [3.8, 4) is 5.75 Å². The van der Waals surface area contributed by atoms with Gasteiger partial charge in [-0.05, 0) is 36.6 Å². The Labute approximate surface area is 150 Å². The van der Waals surface area contributed by atoms with E-state index in [-0.39, 0.29) is 23.3 Å². The fourth-order valence-electron chi connectivity index (χ4n) is 2.67. The van der Waals surface area contributed by atoms with E-state index in [9.17, 15) is 9.18 Å². The smallest absolute Gasteiger partial charge is 0.270 e. The highest BCUT2D eigenvalue weighted by Gasteiger charge is 2.18. The standard InChI is InChI=1S/C18H20FN5O2/c1-10(2)15-8-14(23-18-20-9-21-24(15)18)17(25)22-11(3)12-5-6-16(26-4)13(19)7-12/h5-11H,1-4H3,(H,22,25)/t11-/m0/s1. The van der Waals surface area contributed by atoms with E-state index in [0.717, 1.165) is 5.69 Å². The van der Waals surface area contributed by atoms with Gasteiger partial charge < -0.3 is 10.1 Å². The molecule has 0 fully saturated rings. The normalized spacial score (nSPS) is 12.4. The monoisotopic (exact) mass is 357 g/mol. The van der Waals surface area contributed by atoms with Gasteiger partial charge >= 0.3 is 0 Å². The number of fused-ring (bicyclic) bond motifs is 1. The third-order valence-corrected chi connectivity index (χ3v) is 4.13. The average Bonchev–Trinajstić information content (AvgIpc) is 3.08. The molecule has 0 unspecified atom stereocenters. The SMILES string of the molecule is COc1ccc([C@H](C)NC(=O)c2cc(C(C)C)n3ncnc3n2)cc1F. The van der Waals surface area contributed by atoms with Gasteiger partial charge in [0.25, 0.3) is 11.7 Å². The summed E-state index contributed by atoms with van der Waals surface area (Å²) in [4.78, 5) is 21.0. The lowest BCUT2D eigenvalue weighted by Gasteiger charge is -2.16. The number of ether oxygens (including phenoxy) is 1. The summed E-state index contributed by atoms with van der Waals surface area (Å²) in [6.45, 7) is 5.78. The third kappa shape index (κ3) is 3.35.